The molecule has 1 N–H and O–H groups in total. The molecule has 3 nitrogen and oxygen atoms in total. The molecule has 0 bridgehead atoms. The van der Waals surface area contributed by atoms with Crippen LogP contribution in [0.5, 0.6) is 5.88 Å². The first kappa shape index (κ1) is 12.1. The van der Waals surface area contributed by atoms with Crippen LogP contribution in [0.1, 0.15) is 19.8 Å². The molecule has 15 heavy (non-hydrogen) atoms. The summed E-state index contributed by atoms with van der Waals surface area (Å²) < 4.78 is 5.05. The van der Waals surface area contributed by atoms with Crippen molar-refractivity contribution in [1.29, 1.82) is 0 Å². The zero-order valence-electron chi connectivity index (χ0n) is 9.16. The van der Waals surface area contributed by atoms with Crippen molar-refractivity contribution < 1.29 is 4.74 Å². The second-order valence-electron chi connectivity index (χ2n) is 3.44. The summed E-state index contributed by atoms with van der Waals surface area (Å²) in [6.45, 7) is 2.12. The Hall–Kier alpha value is -0.960. The number of methoxy groups -OCH3 is 1. The van der Waals surface area contributed by atoms with Crippen LogP contribution >= 0.6 is 11.6 Å². The van der Waals surface area contributed by atoms with E-state index in [2.05, 4.69) is 17.2 Å². The highest BCUT2D eigenvalue weighted by atomic mass is 35.5. The minimum atomic E-state index is 0.378. The molecule has 0 aromatic carbocycles. The Labute approximate surface area is 95.8 Å². The van der Waals surface area contributed by atoms with E-state index in [0.29, 0.717) is 17.8 Å². The zero-order chi connectivity index (χ0) is 11.1. The Morgan fingerprint density at radius 1 is 1.53 bits per heavy atom. The third-order valence-electron chi connectivity index (χ3n) is 2.10. The number of ether oxygens (including phenoxy) is 1. The van der Waals surface area contributed by atoms with Crippen LogP contribution in [0, 0.1) is 0 Å². The molecule has 0 saturated heterocycles. The van der Waals surface area contributed by atoms with Gasteiger partial charge in [-0.3, -0.25) is 0 Å². The maximum Gasteiger partial charge on any atom is 0.214 e. The van der Waals surface area contributed by atoms with Crippen LogP contribution in [0.25, 0.3) is 0 Å². The monoisotopic (exact) mass is 228 g/mol. The Bertz CT molecular complexity index is 294. The van der Waals surface area contributed by atoms with Crippen molar-refractivity contribution in [1.82, 2.24) is 4.98 Å². The quantitative estimate of drug-likeness (QED) is 0.761. The van der Waals surface area contributed by atoms with E-state index in [0.717, 1.165) is 18.7 Å². The van der Waals surface area contributed by atoms with Gasteiger partial charge in [-0.2, -0.15) is 4.98 Å². The molecule has 1 aromatic rings. The lowest BCUT2D eigenvalue weighted by Crippen LogP contribution is -2.16. The number of hydrogen-bond acceptors (Lipinski definition) is 3. The predicted octanol–water partition coefficient (Wildman–Crippen LogP) is 2.91. The molecule has 0 saturated carbocycles. The first-order chi connectivity index (χ1) is 7.26. The van der Waals surface area contributed by atoms with Crippen LogP contribution in [0.15, 0.2) is 18.2 Å². The van der Waals surface area contributed by atoms with E-state index in [1.54, 1.807) is 7.11 Å². The van der Waals surface area contributed by atoms with Gasteiger partial charge in [0.1, 0.15) is 5.82 Å². The van der Waals surface area contributed by atoms with Gasteiger partial charge in [0.25, 0.3) is 0 Å². The van der Waals surface area contributed by atoms with Gasteiger partial charge >= 0.3 is 0 Å². The summed E-state index contributed by atoms with van der Waals surface area (Å²) in [6.07, 6.45) is 2.06. The van der Waals surface area contributed by atoms with Crippen LogP contribution in [-0.2, 0) is 0 Å². The molecule has 0 aliphatic carbocycles. The van der Waals surface area contributed by atoms with E-state index in [9.17, 15) is 0 Å². The smallest absolute Gasteiger partial charge is 0.214 e. The minimum Gasteiger partial charge on any atom is -0.481 e. The third kappa shape index (κ3) is 4.38. The summed E-state index contributed by atoms with van der Waals surface area (Å²) >= 11 is 5.63. The molecule has 1 unspecified atom stereocenters. The molecule has 0 amide bonds. The van der Waals surface area contributed by atoms with Gasteiger partial charge in [0, 0.05) is 18.0 Å². The molecule has 4 heteroatoms. The van der Waals surface area contributed by atoms with E-state index in [1.807, 2.05) is 18.2 Å². The minimum absolute atomic E-state index is 0.378. The van der Waals surface area contributed by atoms with Crippen LogP contribution in [0.3, 0.4) is 0 Å². The summed E-state index contributed by atoms with van der Waals surface area (Å²) in [4.78, 5) is 4.27. The zero-order valence-corrected chi connectivity index (χ0v) is 9.92. The molecule has 0 spiro atoms. The highest BCUT2D eigenvalue weighted by Gasteiger charge is 2.03. The van der Waals surface area contributed by atoms with E-state index in [1.165, 1.54) is 0 Å². The van der Waals surface area contributed by atoms with Gasteiger partial charge in [-0.15, -0.1) is 11.6 Å². The number of hydrogen-bond donors (Lipinski definition) is 1. The number of aromatic nitrogens is 1. The lowest BCUT2D eigenvalue weighted by Gasteiger charge is -2.13. The van der Waals surface area contributed by atoms with Crippen molar-refractivity contribution in [2.24, 2.45) is 0 Å². The average Bonchev–Trinajstić information content (AvgIpc) is 2.26. The van der Waals surface area contributed by atoms with Gasteiger partial charge in [-0.25, -0.2) is 0 Å². The van der Waals surface area contributed by atoms with Crippen molar-refractivity contribution in [2.45, 2.75) is 25.8 Å². The number of pyridine rings is 1. The summed E-state index contributed by atoms with van der Waals surface area (Å²) in [5.74, 6) is 2.18. The maximum absolute atomic E-state index is 5.63. The first-order valence-corrected chi connectivity index (χ1v) is 5.63. The average molecular weight is 229 g/mol. The predicted molar refractivity (Wildman–Crippen MR) is 63.8 cm³/mol. The molecule has 0 aliphatic heterocycles. The van der Waals surface area contributed by atoms with E-state index < -0.39 is 0 Å². The van der Waals surface area contributed by atoms with Crippen LogP contribution in [-0.4, -0.2) is 24.0 Å². The Morgan fingerprint density at radius 2 is 2.33 bits per heavy atom. The van der Waals surface area contributed by atoms with Gasteiger partial charge in [-0.1, -0.05) is 6.07 Å². The third-order valence-corrected chi connectivity index (χ3v) is 2.36. The molecular formula is C11H17ClN2O. The molecule has 1 atom stereocenters. The maximum atomic E-state index is 5.63. The molecule has 0 fully saturated rings. The van der Waals surface area contributed by atoms with Crippen molar-refractivity contribution in [3.05, 3.63) is 18.2 Å². The number of nitrogens with zero attached hydrogens (tertiary/aromatic N) is 1. The number of anilines is 1. The highest BCUT2D eigenvalue weighted by Crippen LogP contribution is 2.12. The molecule has 1 heterocycles. The van der Waals surface area contributed by atoms with Crippen molar-refractivity contribution >= 4 is 17.4 Å². The molecule has 0 aliphatic rings. The van der Waals surface area contributed by atoms with Crippen molar-refractivity contribution in [3.8, 4) is 5.88 Å². The first-order valence-electron chi connectivity index (χ1n) is 5.10. The van der Waals surface area contributed by atoms with Gasteiger partial charge in [0.15, 0.2) is 0 Å². The topological polar surface area (TPSA) is 34.1 Å². The summed E-state index contributed by atoms with van der Waals surface area (Å²) in [6, 6.07) is 6.06. The van der Waals surface area contributed by atoms with Gasteiger partial charge in [-0.05, 0) is 25.8 Å². The number of rotatable bonds is 6. The van der Waals surface area contributed by atoms with E-state index in [-0.39, 0.29) is 0 Å². The number of alkyl halides is 1. The molecule has 84 valence electrons. The normalized spacial score (nSPS) is 12.2. The largest absolute Gasteiger partial charge is 0.481 e. The Balaban J connectivity index is 2.48. The Kier molecular flexibility index (Phi) is 5.26. The second-order valence-corrected chi connectivity index (χ2v) is 3.82. The fourth-order valence-electron chi connectivity index (χ4n) is 1.32. The standard InChI is InChI=1S/C11H17ClN2O/c1-9(5-4-8-12)13-10-6-3-7-11(14-10)15-2/h3,6-7,9H,4-5,8H2,1-2H3,(H,13,14). The molecule has 0 radical (unpaired) electrons. The fourth-order valence-corrected chi connectivity index (χ4v) is 1.47. The number of nitrogens with one attached hydrogen (secondary N) is 1. The van der Waals surface area contributed by atoms with Gasteiger partial charge in [0.05, 0.1) is 7.11 Å². The van der Waals surface area contributed by atoms with Crippen LogP contribution in [0.4, 0.5) is 5.82 Å². The van der Waals surface area contributed by atoms with Gasteiger partial charge in [0.2, 0.25) is 5.88 Å². The number of halogens is 1. The SMILES string of the molecule is COc1cccc(NC(C)CCCCl)n1. The molecule has 1 aromatic heterocycles. The fraction of sp³-hybridized carbons (Fsp3) is 0.545. The van der Waals surface area contributed by atoms with E-state index in [4.69, 9.17) is 16.3 Å². The molecular weight excluding hydrogens is 212 g/mol. The summed E-state index contributed by atoms with van der Waals surface area (Å²) in [7, 11) is 1.61. The highest BCUT2D eigenvalue weighted by molar-refractivity contribution is 6.17. The second kappa shape index (κ2) is 6.51. The summed E-state index contributed by atoms with van der Waals surface area (Å²) in [5, 5.41) is 3.30. The van der Waals surface area contributed by atoms with E-state index >= 15 is 0 Å². The lowest BCUT2D eigenvalue weighted by molar-refractivity contribution is 0.398. The summed E-state index contributed by atoms with van der Waals surface area (Å²) in [5.41, 5.74) is 0. The van der Waals surface area contributed by atoms with Crippen LogP contribution in [0.2, 0.25) is 0 Å². The molecule has 1 rings (SSSR count). The van der Waals surface area contributed by atoms with Gasteiger partial charge < -0.3 is 10.1 Å². The van der Waals surface area contributed by atoms with Crippen molar-refractivity contribution in [3.63, 3.8) is 0 Å². The van der Waals surface area contributed by atoms with Crippen LogP contribution < -0.4 is 10.1 Å². The lowest BCUT2D eigenvalue weighted by atomic mass is 10.2. The Morgan fingerprint density at radius 3 is 3.00 bits per heavy atom. The van der Waals surface area contributed by atoms with Crippen molar-refractivity contribution in [2.75, 3.05) is 18.3 Å².